The smallest absolute Gasteiger partial charge is 0.315 e. The van der Waals surface area contributed by atoms with Crippen LogP contribution in [0.2, 0.25) is 0 Å². The van der Waals surface area contributed by atoms with E-state index in [1.54, 1.807) is 11.0 Å². The van der Waals surface area contributed by atoms with Crippen molar-refractivity contribution in [3.63, 3.8) is 0 Å². The van der Waals surface area contributed by atoms with Crippen LogP contribution in [-0.2, 0) is 29.2 Å². The number of sulfonamides is 1. The molecule has 0 bridgehead atoms. The Kier molecular flexibility index (Phi) is 13.6. The minimum atomic E-state index is -3.50. The number of unbranched alkanes of at least 4 members (excludes halogenated alkanes) is 1. The van der Waals surface area contributed by atoms with Crippen molar-refractivity contribution < 1.29 is 32.4 Å². The second-order valence-corrected chi connectivity index (χ2v) is 20.0. The highest BCUT2D eigenvalue weighted by Gasteiger charge is 2.64. The normalized spacial score (nSPS) is 25.2. The molecule has 1 saturated heterocycles. The molecule has 1 spiro atoms. The molecule has 6 atom stereocenters. The number of ketones is 3. The van der Waals surface area contributed by atoms with E-state index >= 15 is 4.79 Å². The fraction of sp³-hybridized carbons (Fsp3) is 0.825. The van der Waals surface area contributed by atoms with Crippen LogP contribution in [-0.4, -0.2) is 91.4 Å². The highest BCUT2D eigenvalue weighted by atomic mass is 32.2. The fourth-order valence-corrected chi connectivity index (χ4v) is 9.73. The maximum absolute atomic E-state index is 15.1. The lowest BCUT2D eigenvalue weighted by Crippen LogP contribution is -2.62. The highest BCUT2D eigenvalue weighted by molar-refractivity contribution is 7.88. The lowest BCUT2D eigenvalue weighted by Gasteiger charge is -2.43. The first-order valence-electron chi connectivity index (χ1n) is 19.8. The van der Waals surface area contributed by atoms with Crippen LogP contribution in [0.25, 0.3) is 0 Å². The third-order valence-corrected chi connectivity index (χ3v) is 14.3. The van der Waals surface area contributed by atoms with E-state index in [-0.39, 0.29) is 48.3 Å². The van der Waals surface area contributed by atoms with E-state index in [0.717, 1.165) is 76.9 Å². The number of rotatable bonds is 18. The number of nitrogens with one attached hydrogen (secondary N) is 2. The van der Waals surface area contributed by atoms with Gasteiger partial charge in [0.15, 0.2) is 11.6 Å². The zero-order valence-electron chi connectivity index (χ0n) is 32.9. The number of hydrogen-bond acceptors (Lipinski definition) is 7. The Hall–Kier alpha value is -2.60. The lowest BCUT2D eigenvalue weighted by atomic mass is 9.70. The molecule has 3 amide bonds. The van der Waals surface area contributed by atoms with Gasteiger partial charge < -0.3 is 15.5 Å². The molecule has 0 aromatic heterocycles. The quantitative estimate of drug-likeness (QED) is 0.133. The van der Waals surface area contributed by atoms with E-state index in [9.17, 15) is 27.6 Å². The van der Waals surface area contributed by atoms with Crippen molar-refractivity contribution in [2.45, 2.75) is 149 Å². The maximum atomic E-state index is 15.1. The first kappa shape index (κ1) is 42.1. The van der Waals surface area contributed by atoms with Crippen LogP contribution in [0.3, 0.4) is 0 Å². The van der Waals surface area contributed by atoms with Crippen molar-refractivity contribution in [3.05, 3.63) is 12.7 Å². The number of allylic oxidation sites excluding steroid dienone is 1. The summed E-state index contributed by atoms with van der Waals surface area (Å²) in [5, 5.41) is 6.08. The number of urea groups is 1. The third-order valence-electron chi connectivity index (χ3n) is 13.1. The van der Waals surface area contributed by atoms with E-state index in [2.05, 4.69) is 24.1 Å². The standard InChI is InChI=1S/C40H66N4O7S/c1-9-11-16-27(34(47)30(45)17-12-10-2)24-31(46)33-28-18-21-40(22-23-40)29(28)25-44(33)36(48)35(39(6)19-14-13-15-20-39)42-37(49)41-32(38(3,4)5)26-43(7)52(8,50)51/h10,27-29,32-33,35H,2,9,11-26H2,1,3-8H3,(H2,41,42,49)/t27?,28-,29-,32+,33-,35+/m0/s1. The maximum Gasteiger partial charge on any atom is 0.315 e. The Morgan fingerprint density at radius 1 is 1.02 bits per heavy atom. The average molecular weight is 747 g/mol. The summed E-state index contributed by atoms with van der Waals surface area (Å²) in [4.78, 5) is 71.6. The molecule has 4 fully saturated rings. The van der Waals surface area contributed by atoms with Crippen LogP contribution >= 0.6 is 0 Å². The van der Waals surface area contributed by atoms with Crippen molar-refractivity contribution >= 4 is 39.3 Å². The SMILES string of the molecule is C=CCCC(=O)C(=O)C(CCCC)CC(=O)[C@@H]1[C@H]2CCC3(CC3)[C@H]2CN1C(=O)[C@@H](NC(=O)N[C@H](CN(C)S(C)(=O)=O)C(C)(C)C)C1(C)CCCCC1. The summed E-state index contributed by atoms with van der Waals surface area (Å²) in [6, 6.07) is -2.70. The largest absolute Gasteiger partial charge is 0.334 e. The van der Waals surface area contributed by atoms with Gasteiger partial charge in [-0.05, 0) is 79.4 Å². The number of hydrogen-bond donors (Lipinski definition) is 2. The number of likely N-dealkylation sites (tertiary alicyclic amines) is 1. The molecule has 294 valence electrons. The zero-order valence-corrected chi connectivity index (χ0v) is 33.7. The Morgan fingerprint density at radius 3 is 2.23 bits per heavy atom. The summed E-state index contributed by atoms with van der Waals surface area (Å²) >= 11 is 0. The molecule has 3 aliphatic carbocycles. The molecular formula is C40H66N4O7S. The summed E-state index contributed by atoms with van der Waals surface area (Å²) < 4.78 is 25.8. The number of likely N-dealkylation sites (N-methyl/N-ethyl adjacent to an activating group) is 1. The van der Waals surface area contributed by atoms with Gasteiger partial charge in [0.05, 0.1) is 12.3 Å². The first-order valence-corrected chi connectivity index (χ1v) is 21.6. The van der Waals surface area contributed by atoms with Gasteiger partial charge in [-0.2, -0.15) is 0 Å². The van der Waals surface area contributed by atoms with E-state index in [1.807, 2.05) is 27.7 Å². The van der Waals surface area contributed by atoms with E-state index in [4.69, 9.17) is 0 Å². The molecule has 4 rings (SSSR count). The van der Waals surface area contributed by atoms with Crippen LogP contribution in [0.1, 0.15) is 131 Å². The van der Waals surface area contributed by atoms with Crippen molar-refractivity contribution in [3.8, 4) is 0 Å². The molecule has 52 heavy (non-hydrogen) atoms. The molecular weight excluding hydrogens is 681 g/mol. The van der Waals surface area contributed by atoms with Gasteiger partial charge in [-0.15, -0.1) is 6.58 Å². The molecule has 2 N–H and O–H groups in total. The Morgan fingerprint density at radius 2 is 1.67 bits per heavy atom. The van der Waals surface area contributed by atoms with E-state index in [0.29, 0.717) is 19.4 Å². The van der Waals surface area contributed by atoms with Crippen molar-refractivity contribution in [2.24, 2.45) is 34.0 Å². The van der Waals surface area contributed by atoms with Crippen molar-refractivity contribution in [2.75, 3.05) is 26.4 Å². The molecule has 3 saturated carbocycles. The van der Waals surface area contributed by atoms with Crippen LogP contribution in [0.4, 0.5) is 4.79 Å². The predicted octanol–water partition coefficient (Wildman–Crippen LogP) is 5.82. The average Bonchev–Trinajstić information content (AvgIpc) is 3.64. The molecule has 0 aromatic rings. The van der Waals surface area contributed by atoms with Gasteiger partial charge in [-0.25, -0.2) is 17.5 Å². The molecule has 11 nitrogen and oxygen atoms in total. The van der Waals surface area contributed by atoms with Gasteiger partial charge in [0, 0.05) is 44.9 Å². The summed E-state index contributed by atoms with van der Waals surface area (Å²) in [7, 11) is -2.02. The molecule has 4 aliphatic rings. The van der Waals surface area contributed by atoms with Gasteiger partial charge in [0.2, 0.25) is 21.7 Å². The van der Waals surface area contributed by atoms with Gasteiger partial charge in [-0.1, -0.05) is 72.8 Å². The topological polar surface area (TPSA) is 150 Å². The second-order valence-electron chi connectivity index (χ2n) is 18.0. The summed E-state index contributed by atoms with van der Waals surface area (Å²) in [5.41, 5.74) is -0.893. The number of carbonyl (C=O) groups is 5. The van der Waals surface area contributed by atoms with E-state index in [1.165, 1.54) is 11.4 Å². The predicted molar refractivity (Wildman–Crippen MR) is 203 cm³/mol. The van der Waals surface area contributed by atoms with Gasteiger partial charge in [0.1, 0.15) is 6.04 Å². The molecule has 0 aromatic carbocycles. The van der Waals surface area contributed by atoms with Crippen LogP contribution < -0.4 is 10.6 Å². The van der Waals surface area contributed by atoms with E-state index < -0.39 is 62.5 Å². The third kappa shape index (κ3) is 9.73. The minimum absolute atomic E-state index is 0.0113. The first-order chi connectivity index (χ1) is 24.3. The number of carbonyl (C=O) groups excluding carboxylic acids is 5. The Balaban J connectivity index is 1.64. The highest BCUT2D eigenvalue weighted by Crippen LogP contribution is 2.66. The summed E-state index contributed by atoms with van der Waals surface area (Å²) in [5.74, 6) is -1.92. The number of fused-ring (bicyclic) bond motifs is 2. The van der Waals surface area contributed by atoms with Gasteiger partial charge in [0.25, 0.3) is 0 Å². The van der Waals surface area contributed by atoms with Gasteiger partial charge >= 0.3 is 6.03 Å². The number of nitrogens with zero attached hydrogens (tertiary/aromatic N) is 2. The minimum Gasteiger partial charge on any atom is -0.334 e. The molecule has 1 unspecified atom stereocenters. The summed E-state index contributed by atoms with van der Waals surface area (Å²) in [6.45, 7) is 14.0. The molecule has 1 aliphatic heterocycles. The fourth-order valence-electron chi connectivity index (χ4n) is 9.31. The van der Waals surface area contributed by atoms with Crippen LogP contribution in [0, 0.1) is 34.0 Å². The molecule has 12 heteroatoms. The monoisotopic (exact) mass is 746 g/mol. The zero-order chi connectivity index (χ0) is 38.6. The molecule has 1 heterocycles. The second kappa shape index (κ2) is 16.8. The van der Waals surface area contributed by atoms with Crippen molar-refractivity contribution in [1.82, 2.24) is 19.8 Å². The summed E-state index contributed by atoms with van der Waals surface area (Å²) in [6.07, 6.45) is 13.6. The number of Topliss-reactive ketones (excluding diaryl/α,β-unsaturated/α-hetero) is 3. The lowest BCUT2D eigenvalue weighted by molar-refractivity contribution is -0.144. The van der Waals surface area contributed by atoms with Crippen molar-refractivity contribution in [1.29, 1.82) is 0 Å². The van der Waals surface area contributed by atoms with Crippen LogP contribution in [0.5, 0.6) is 0 Å². The Labute approximate surface area is 312 Å². The van der Waals surface area contributed by atoms with Gasteiger partial charge in [-0.3, -0.25) is 19.2 Å². The Bertz CT molecular complexity index is 1460. The molecule has 0 radical (unpaired) electrons. The van der Waals surface area contributed by atoms with Crippen LogP contribution in [0.15, 0.2) is 12.7 Å². The number of amides is 3.